The van der Waals surface area contributed by atoms with Gasteiger partial charge < -0.3 is 79.1 Å². The monoisotopic (exact) mass is 911 g/mol. The molecule has 9 aliphatic rings. The smallest absolute Gasteiger partial charge is 0.187 e. The quantitative estimate of drug-likeness (QED) is 0.130. The van der Waals surface area contributed by atoms with Crippen LogP contribution in [0, 0.1) is 56.7 Å². The fourth-order valence-electron chi connectivity index (χ4n) is 16.0. The first-order valence-electron chi connectivity index (χ1n) is 24.3. The molecule has 16 heteroatoms. The zero-order valence-electron chi connectivity index (χ0n) is 39.1. The predicted octanol–water partition coefficient (Wildman–Crippen LogP) is 1.51. The molecule has 0 aromatic heterocycles. The van der Waals surface area contributed by atoms with Gasteiger partial charge in [0.2, 0.25) is 0 Å². The first kappa shape index (κ1) is 48.1. The molecule has 4 saturated heterocycles. The average Bonchev–Trinajstić information content (AvgIpc) is 3.55. The van der Waals surface area contributed by atoms with Crippen LogP contribution in [-0.4, -0.2) is 169 Å². The Labute approximate surface area is 377 Å². The van der Waals surface area contributed by atoms with Crippen LogP contribution in [0.5, 0.6) is 0 Å². The van der Waals surface area contributed by atoms with Crippen LogP contribution < -0.4 is 0 Å². The Morgan fingerprint density at radius 3 is 1.92 bits per heavy atom. The number of fused-ring (bicyclic) bond motifs is 4. The molecule has 8 fully saturated rings. The van der Waals surface area contributed by atoms with Crippen LogP contribution >= 0.6 is 0 Å². The van der Waals surface area contributed by atoms with Crippen LogP contribution in [0.1, 0.15) is 107 Å². The van der Waals surface area contributed by atoms with Gasteiger partial charge in [-0.1, -0.05) is 60.6 Å². The van der Waals surface area contributed by atoms with Gasteiger partial charge in [0.1, 0.15) is 61.0 Å². The summed E-state index contributed by atoms with van der Waals surface area (Å²) in [6, 6.07) is 0. The highest BCUT2D eigenvalue weighted by Gasteiger charge is 2.79. The summed E-state index contributed by atoms with van der Waals surface area (Å²) in [5.74, 6) is 1.63. The predicted molar refractivity (Wildman–Crippen MR) is 227 cm³/mol. The summed E-state index contributed by atoms with van der Waals surface area (Å²) in [6.45, 7) is 19.5. The third kappa shape index (κ3) is 6.58. The second-order valence-corrected chi connectivity index (χ2v) is 23.3. The van der Waals surface area contributed by atoms with Crippen LogP contribution in [-0.2, 0) is 33.2 Å². The first-order valence-corrected chi connectivity index (χ1v) is 24.3. The Morgan fingerprint density at radius 2 is 1.25 bits per heavy atom. The molecule has 27 atom stereocenters. The second-order valence-electron chi connectivity index (χ2n) is 23.3. The Bertz CT molecular complexity index is 1750. The average molecular weight is 911 g/mol. The lowest BCUT2D eigenvalue weighted by Gasteiger charge is -2.73. The largest absolute Gasteiger partial charge is 0.394 e. The van der Waals surface area contributed by atoms with Crippen molar-refractivity contribution in [2.24, 2.45) is 56.7 Å². The zero-order valence-corrected chi connectivity index (χ0v) is 39.1. The van der Waals surface area contributed by atoms with Gasteiger partial charge in [-0.3, -0.25) is 0 Å². The SMILES string of the molecule is C[C@H]1[C@H](C)CC[C@]23COC4(C=C[C@@H]5[C@@]6(C)CC[C@H](O[C@@H]7O[C@H](C)[C@H](O)[C@H](O)[C@H]7O[C@@H]7O[C@H](CO)[C@@H](O)[C@H](O)[C@H]7O[C@@H]7O[C@@H](C)[C@@H](O)[C@H](O)[C@H]7O)C(C)(C)[C@@H]6CC[C@@]5(C)[C@]4(C)C[C@H]2O)[C@H]13. The summed E-state index contributed by atoms with van der Waals surface area (Å²) in [6.07, 6.45) is -11.9. The third-order valence-corrected chi connectivity index (χ3v) is 20.2. The molecule has 4 saturated carbocycles. The molecule has 1 spiro atoms. The normalized spacial score (nSPS) is 60.2. The standard InChI is InChI=1S/C48H78O16/c1-21-10-16-47-20-58-48(39(47)22(21)2)17-12-27-44(7)14-13-29(43(5,6)26(44)11-15-45(27,8)46(48,9)18-28(47)50)62-41-37(34(55)31(52)24(4)60-41)64-42-38(35(56)32(53)25(19-49)61-42)63-40-36(57)33(54)30(51)23(3)59-40/h12,17,21-42,49-57H,10-11,13-16,18-20H2,1-9H3/t21-,22+,23+,24-,25-,26+,27-,28-,29+,30-,31+,32-,33+,34+,35+,36-,37-,38-,39-,40+,41+,42+,44+,45-,46+,47+,48?/m1/s1. The molecule has 4 heterocycles. The summed E-state index contributed by atoms with van der Waals surface area (Å²) < 4.78 is 44.3. The molecule has 5 aliphatic carbocycles. The molecule has 64 heavy (non-hydrogen) atoms. The van der Waals surface area contributed by atoms with Crippen molar-refractivity contribution in [2.45, 2.75) is 217 Å². The molecular weight excluding hydrogens is 833 g/mol. The molecule has 0 amide bonds. The minimum absolute atomic E-state index is 0.142. The maximum absolute atomic E-state index is 12.3. The highest BCUT2D eigenvalue weighted by Crippen LogP contribution is 2.79. The third-order valence-electron chi connectivity index (χ3n) is 20.2. The molecule has 2 bridgehead atoms. The molecule has 16 nitrogen and oxygen atoms in total. The van der Waals surface area contributed by atoms with Crippen molar-refractivity contribution >= 4 is 0 Å². The molecular formula is C48H78O16. The van der Waals surface area contributed by atoms with E-state index in [0.717, 1.165) is 32.1 Å². The summed E-state index contributed by atoms with van der Waals surface area (Å²) in [7, 11) is 0. The van der Waals surface area contributed by atoms with Crippen LogP contribution in [0.25, 0.3) is 0 Å². The van der Waals surface area contributed by atoms with Gasteiger partial charge >= 0.3 is 0 Å². The topological polar surface area (TPSA) is 247 Å². The van der Waals surface area contributed by atoms with E-state index in [1.165, 1.54) is 6.92 Å². The van der Waals surface area contributed by atoms with Gasteiger partial charge in [0.25, 0.3) is 0 Å². The van der Waals surface area contributed by atoms with Gasteiger partial charge in [-0.25, -0.2) is 0 Å². The molecule has 9 N–H and O–H groups in total. The van der Waals surface area contributed by atoms with E-state index in [1.807, 2.05) is 0 Å². The zero-order chi connectivity index (χ0) is 46.4. The fraction of sp³-hybridized carbons (Fsp3) is 0.958. The van der Waals surface area contributed by atoms with Gasteiger partial charge in [0.15, 0.2) is 18.9 Å². The van der Waals surface area contributed by atoms with E-state index in [9.17, 15) is 46.0 Å². The molecule has 4 aliphatic heterocycles. The van der Waals surface area contributed by atoms with Crippen molar-refractivity contribution in [3.05, 3.63) is 12.2 Å². The van der Waals surface area contributed by atoms with Gasteiger partial charge in [-0.05, 0) is 98.7 Å². The minimum Gasteiger partial charge on any atom is -0.394 e. The van der Waals surface area contributed by atoms with E-state index in [-0.39, 0.29) is 39.4 Å². The maximum Gasteiger partial charge on any atom is 0.187 e. The molecule has 0 aromatic rings. The van der Waals surface area contributed by atoms with Crippen molar-refractivity contribution in [2.75, 3.05) is 13.2 Å². The Morgan fingerprint density at radius 1 is 0.641 bits per heavy atom. The lowest BCUT2D eigenvalue weighted by molar-refractivity contribution is -0.396. The van der Waals surface area contributed by atoms with E-state index >= 15 is 0 Å². The highest BCUT2D eigenvalue weighted by atomic mass is 16.8. The number of allylic oxidation sites excluding steroid dienone is 1. The van der Waals surface area contributed by atoms with Crippen molar-refractivity contribution in [1.82, 2.24) is 0 Å². The molecule has 0 radical (unpaired) electrons. The van der Waals surface area contributed by atoms with Crippen molar-refractivity contribution in [3.63, 3.8) is 0 Å². The lowest BCUT2D eigenvalue weighted by atomic mass is 9.31. The first-order chi connectivity index (χ1) is 29.9. The van der Waals surface area contributed by atoms with E-state index in [1.54, 1.807) is 6.92 Å². The van der Waals surface area contributed by atoms with E-state index in [0.29, 0.717) is 31.3 Å². The molecule has 9 rings (SSSR count). The minimum atomic E-state index is -1.79. The number of aliphatic hydroxyl groups excluding tert-OH is 9. The molecule has 0 aromatic carbocycles. The van der Waals surface area contributed by atoms with Gasteiger partial charge in [-0.15, -0.1) is 0 Å². The van der Waals surface area contributed by atoms with Gasteiger partial charge in [0.05, 0.1) is 43.2 Å². The summed E-state index contributed by atoms with van der Waals surface area (Å²) in [5.41, 5.74) is -1.68. The Hall–Kier alpha value is -0.900. The van der Waals surface area contributed by atoms with Crippen molar-refractivity contribution in [3.8, 4) is 0 Å². The van der Waals surface area contributed by atoms with E-state index < -0.39 is 122 Å². The lowest BCUT2D eigenvalue weighted by Crippen LogP contribution is -2.73. The summed E-state index contributed by atoms with van der Waals surface area (Å²) in [4.78, 5) is 0. The number of hydrogen-bond acceptors (Lipinski definition) is 16. The van der Waals surface area contributed by atoms with E-state index in [4.69, 9.17) is 33.2 Å². The van der Waals surface area contributed by atoms with Crippen LogP contribution in [0.4, 0.5) is 0 Å². The highest BCUT2D eigenvalue weighted by molar-refractivity contribution is 5.36. The number of aliphatic hydroxyl groups is 9. The van der Waals surface area contributed by atoms with Crippen LogP contribution in [0.15, 0.2) is 12.2 Å². The van der Waals surface area contributed by atoms with Gasteiger partial charge in [0, 0.05) is 16.7 Å². The Balaban J connectivity index is 0.979. The fourth-order valence-corrected chi connectivity index (χ4v) is 16.0. The Kier molecular flexibility index (Phi) is 12.3. The second kappa shape index (κ2) is 16.3. The maximum atomic E-state index is 12.3. The number of rotatable bonds is 7. The van der Waals surface area contributed by atoms with Crippen LogP contribution in [0.3, 0.4) is 0 Å². The van der Waals surface area contributed by atoms with Crippen molar-refractivity contribution < 1.29 is 79.1 Å². The summed E-state index contributed by atoms with van der Waals surface area (Å²) >= 11 is 0. The van der Waals surface area contributed by atoms with Crippen molar-refractivity contribution in [1.29, 1.82) is 0 Å². The van der Waals surface area contributed by atoms with E-state index in [2.05, 4.69) is 60.6 Å². The summed E-state index contributed by atoms with van der Waals surface area (Å²) in [5, 5.41) is 98.9. The molecule has 1 unspecified atom stereocenters. The van der Waals surface area contributed by atoms with Gasteiger partial charge in [-0.2, -0.15) is 0 Å². The number of hydrogen-bond donors (Lipinski definition) is 9. The van der Waals surface area contributed by atoms with Crippen LogP contribution in [0.2, 0.25) is 0 Å². The number of ether oxygens (including phenoxy) is 7. The molecule has 366 valence electrons.